The monoisotopic (exact) mass is 242 g/mol. The van der Waals surface area contributed by atoms with Gasteiger partial charge in [0.1, 0.15) is 6.61 Å². The van der Waals surface area contributed by atoms with Crippen LogP contribution in [-0.4, -0.2) is 29.5 Å². The molecule has 1 aromatic carbocycles. The van der Waals surface area contributed by atoms with Crippen LogP contribution in [0.2, 0.25) is 0 Å². The average molecular weight is 242 g/mol. The van der Waals surface area contributed by atoms with E-state index in [-0.39, 0.29) is 13.2 Å². The molecule has 0 radical (unpaired) electrons. The minimum Gasteiger partial charge on any atom is -0.393 e. The molecule has 0 aliphatic heterocycles. The maximum atomic E-state index is 8.51. The molecule has 0 atom stereocenters. The Hall–Kier alpha value is -2.20. The molecule has 0 saturated heterocycles. The number of pyridine rings is 1. The van der Waals surface area contributed by atoms with Crippen LogP contribution in [0.5, 0.6) is 0 Å². The van der Waals surface area contributed by atoms with Gasteiger partial charge in [-0.3, -0.25) is 4.98 Å². The number of aromatic nitrogens is 1. The van der Waals surface area contributed by atoms with Crippen LogP contribution < -0.4 is 0 Å². The van der Waals surface area contributed by atoms with Crippen molar-refractivity contribution in [2.24, 2.45) is 5.16 Å². The van der Waals surface area contributed by atoms with Crippen molar-refractivity contribution in [2.45, 2.75) is 0 Å². The number of hydrogen-bond acceptors (Lipinski definition) is 4. The van der Waals surface area contributed by atoms with E-state index in [1.54, 1.807) is 12.4 Å². The van der Waals surface area contributed by atoms with E-state index >= 15 is 0 Å². The molecular formula is C14H14N2O2. The lowest BCUT2D eigenvalue weighted by atomic mass is 10.1. The molecule has 0 bridgehead atoms. The molecule has 4 heteroatoms. The van der Waals surface area contributed by atoms with E-state index in [1.165, 1.54) is 0 Å². The molecule has 1 N–H and O–H groups in total. The summed E-state index contributed by atoms with van der Waals surface area (Å²) in [5.74, 6) is 0. The highest BCUT2D eigenvalue weighted by atomic mass is 16.6. The Kier molecular flexibility index (Phi) is 4.44. The first-order chi connectivity index (χ1) is 8.90. The molecule has 0 saturated carbocycles. The lowest BCUT2D eigenvalue weighted by Crippen LogP contribution is -1.94. The third-order valence-electron chi connectivity index (χ3n) is 2.31. The molecule has 1 heterocycles. The second kappa shape index (κ2) is 6.51. The van der Waals surface area contributed by atoms with Gasteiger partial charge in [-0.15, -0.1) is 0 Å². The van der Waals surface area contributed by atoms with E-state index in [0.29, 0.717) is 0 Å². The molecule has 0 aliphatic rings. The van der Waals surface area contributed by atoms with Gasteiger partial charge in [-0.1, -0.05) is 35.5 Å². The first-order valence-electron chi connectivity index (χ1n) is 5.68. The summed E-state index contributed by atoms with van der Waals surface area (Å²) in [7, 11) is 0. The second-order valence-electron chi connectivity index (χ2n) is 3.63. The van der Waals surface area contributed by atoms with E-state index in [0.717, 1.165) is 16.8 Å². The summed E-state index contributed by atoms with van der Waals surface area (Å²) in [6, 6.07) is 13.8. The van der Waals surface area contributed by atoms with Crippen LogP contribution in [0.4, 0.5) is 0 Å². The summed E-state index contributed by atoms with van der Waals surface area (Å²) in [5, 5.41) is 12.2. The number of aliphatic hydroxyl groups is 1. The Morgan fingerprint density at radius 3 is 2.67 bits per heavy atom. The summed E-state index contributed by atoms with van der Waals surface area (Å²) in [4.78, 5) is 9.14. The van der Waals surface area contributed by atoms with Crippen molar-refractivity contribution < 1.29 is 9.94 Å². The summed E-state index contributed by atoms with van der Waals surface area (Å²) < 4.78 is 0. The highest BCUT2D eigenvalue weighted by molar-refractivity contribution is 5.79. The zero-order chi connectivity index (χ0) is 12.6. The average Bonchev–Trinajstić information content (AvgIpc) is 2.45. The van der Waals surface area contributed by atoms with Crippen molar-refractivity contribution in [3.8, 4) is 11.3 Å². The Labute approximate surface area is 106 Å². The molecule has 0 spiro atoms. The first-order valence-corrected chi connectivity index (χ1v) is 5.68. The highest BCUT2D eigenvalue weighted by Crippen LogP contribution is 2.15. The van der Waals surface area contributed by atoms with Gasteiger partial charge in [0.15, 0.2) is 0 Å². The van der Waals surface area contributed by atoms with Crippen molar-refractivity contribution >= 4 is 6.21 Å². The molecular weight excluding hydrogens is 228 g/mol. The molecule has 92 valence electrons. The number of oxime groups is 1. The number of nitrogens with zero attached hydrogens (tertiary/aromatic N) is 2. The molecule has 4 nitrogen and oxygen atoms in total. The quantitative estimate of drug-likeness (QED) is 0.496. The lowest BCUT2D eigenvalue weighted by molar-refractivity contribution is 0.0997. The zero-order valence-electron chi connectivity index (χ0n) is 9.86. The van der Waals surface area contributed by atoms with Gasteiger partial charge in [0.2, 0.25) is 0 Å². The van der Waals surface area contributed by atoms with Crippen molar-refractivity contribution in [1.29, 1.82) is 0 Å². The fourth-order valence-corrected chi connectivity index (χ4v) is 1.45. The van der Waals surface area contributed by atoms with Crippen LogP contribution in [0.25, 0.3) is 11.3 Å². The number of hydrogen-bond donors (Lipinski definition) is 1. The molecule has 2 aromatic rings. The maximum Gasteiger partial charge on any atom is 0.140 e. The van der Waals surface area contributed by atoms with Crippen LogP contribution in [-0.2, 0) is 4.84 Å². The highest BCUT2D eigenvalue weighted by Gasteiger charge is 1.97. The Morgan fingerprint density at radius 2 is 2.00 bits per heavy atom. The summed E-state index contributed by atoms with van der Waals surface area (Å²) in [5.41, 5.74) is 2.86. The first kappa shape index (κ1) is 12.3. The predicted octanol–water partition coefficient (Wildman–Crippen LogP) is 2.09. The normalized spacial score (nSPS) is 10.7. The fraction of sp³-hybridized carbons (Fsp3) is 0.143. The number of benzene rings is 1. The topological polar surface area (TPSA) is 54.7 Å². The summed E-state index contributed by atoms with van der Waals surface area (Å²) in [6.45, 7) is 0.161. The largest absolute Gasteiger partial charge is 0.393 e. The molecule has 0 fully saturated rings. The van der Waals surface area contributed by atoms with Crippen molar-refractivity contribution in [3.63, 3.8) is 0 Å². The smallest absolute Gasteiger partial charge is 0.140 e. The van der Waals surface area contributed by atoms with Crippen molar-refractivity contribution in [2.75, 3.05) is 13.2 Å². The van der Waals surface area contributed by atoms with Crippen molar-refractivity contribution in [1.82, 2.24) is 4.98 Å². The molecule has 18 heavy (non-hydrogen) atoms. The second-order valence-corrected chi connectivity index (χ2v) is 3.63. The Bertz CT molecular complexity index is 495. The van der Waals surface area contributed by atoms with Crippen LogP contribution in [0.3, 0.4) is 0 Å². The number of rotatable bonds is 5. The predicted molar refractivity (Wildman–Crippen MR) is 70.3 cm³/mol. The molecule has 2 rings (SSSR count). The standard InChI is InChI=1S/C14H14N2O2/c17-8-9-18-16-11-12-6-7-14(15-10-12)13-4-2-1-3-5-13/h1-7,10-11,17H,8-9H2. The van der Waals surface area contributed by atoms with E-state index in [1.807, 2.05) is 42.5 Å². The SMILES string of the molecule is OCCON=Cc1ccc(-c2ccccc2)nc1. The van der Waals surface area contributed by atoms with Crippen LogP contribution >= 0.6 is 0 Å². The molecule has 0 unspecified atom stereocenters. The van der Waals surface area contributed by atoms with Gasteiger partial charge in [-0.05, 0) is 12.1 Å². The van der Waals surface area contributed by atoms with E-state index in [9.17, 15) is 0 Å². The van der Waals surface area contributed by atoms with Gasteiger partial charge in [0, 0.05) is 17.3 Å². The van der Waals surface area contributed by atoms with Gasteiger partial charge in [-0.2, -0.15) is 0 Å². The third kappa shape index (κ3) is 3.40. The summed E-state index contributed by atoms with van der Waals surface area (Å²) >= 11 is 0. The van der Waals surface area contributed by atoms with Gasteiger partial charge in [0.25, 0.3) is 0 Å². The van der Waals surface area contributed by atoms with E-state index < -0.39 is 0 Å². The van der Waals surface area contributed by atoms with Gasteiger partial charge >= 0.3 is 0 Å². The van der Waals surface area contributed by atoms with Gasteiger partial charge < -0.3 is 9.94 Å². The van der Waals surface area contributed by atoms with Crippen LogP contribution in [0.1, 0.15) is 5.56 Å². The van der Waals surface area contributed by atoms with Crippen LogP contribution in [0.15, 0.2) is 53.8 Å². The lowest BCUT2D eigenvalue weighted by Gasteiger charge is -2.00. The van der Waals surface area contributed by atoms with Gasteiger partial charge in [-0.25, -0.2) is 0 Å². The third-order valence-corrected chi connectivity index (χ3v) is 2.31. The minimum atomic E-state index is -0.0392. The zero-order valence-corrected chi connectivity index (χ0v) is 9.86. The number of aliphatic hydroxyl groups excluding tert-OH is 1. The van der Waals surface area contributed by atoms with Crippen LogP contribution in [0, 0.1) is 0 Å². The summed E-state index contributed by atoms with van der Waals surface area (Å²) in [6.07, 6.45) is 3.30. The van der Waals surface area contributed by atoms with E-state index in [4.69, 9.17) is 9.94 Å². The molecule has 1 aromatic heterocycles. The Morgan fingerprint density at radius 1 is 1.17 bits per heavy atom. The van der Waals surface area contributed by atoms with Gasteiger partial charge in [0.05, 0.1) is 18.5 Å². The molecule has 0 amide bonds. The minimum absolute atomic E-state index is 0.0392. The van der Waals surface area contributed by atoms with E-state index in [2.05, 4.69) is 10.1 Å². The maximum absolute atomic E-state index is 8.51. The van der Waals surface area contributed by atoms with Crippen molar-refractivity contribution in [3.05, 3.63) is 54.2 Å². The molecule has 0 aliphatic carbocycles. The Balaban J connectivity index is 2.04. The fourth-order valence-electron chi connectivity index (χ4n) is 1.45.